The number of amides is 1. The van der Waals surface area contributed by atoms with Gasteiger partial charge in [0.15, 0.2) is 0 Å². The second-order valence-corrected chi connectivity index (χ2v) is 3.66. The van der Waals surface area contributed by atoms with Crippen LogP contribution in [0.15, 0.2) is 36.5 Å². The van der Waals surface area contributed by atoms with E-state index in [1.807, 2.05) is 0 Å². The SMILES string of the molecule is O=C(Cc1ccn[nH]1)Nc1ccc(CO)cc1. The van der Waals surface area contributed by atoms with E-state index in [-0.39, 0.29) is 18.9 Å². The van der Waals surface area contributed by atoms with E-state index in [4.69, 9.17) is 5.11 Å². The molecular formula is C12H13N3O2. The number of aromatic nitrogens is 2. The summed E-state index contributed by atoms with van der Waals surface area (Å²) in [5.41, 5.74) is 2.30. The van der Waals surface area contributed by atoms with E-state index in [9.17, 15) is 4.79 Å². The molecule has 2 rings (SSSR count). The van der Waals surface area contributed by atoms with Gasteiger partial charge in [-0.3, -0.25) is 9.89 Å². The molecule has 1 aromatic carbocycles. The number of benzene rings is 1. The number of hydrogen-bond acceptors (Lipinski definition) is 3. The lowest BCUT2D eigenvalue weighted by Gasteiger charge is -2.04. The van der Waals surface area contributed by atoms with E-state index < -0.39 is 0 Å². The Hall–Kier alpha value is -2.14. The molecule has 0 bridgehead atoms. The van der Waals surface area contributed by atoms with Crippen LogP contribution in [0.25, 0.3) is 0 Å². The summed E-state index contributed by atoms with van der Waals surface area (Å²) in [6.07, 6.45) is 1.88. The van der Waals surface area contributed by atoms with Gasteiger partial charge in [-0.25, -0.2) is 0 Å². The topological polar surface area (TPSA) is 78.0 Å². The molecular weight excluding hydrogens is 218 g/mol. The zero-order valence-corrected chi connectivity index (χ0v) is 9.18. The van der Waals surface area contributed by atoms with E-state index in [0.29, 0.717) is 5.69 Å². The first-order valence-corrected chi connectivity index (χ1v) is 5.26. The van der Waals surface area contributed by atoms with E-state index in [2.05, 4.69) is 15.5 Å². The molecule has 0 aliphatic rings. The average Bonchev–Trinajstić information content (AvgIpc) is 2.82. The van der Waals surface area contributed by atoms with Crippen LogP contribution in [0.5, 0.6) is 0 Å². The van der Waals surface area contributed by atoms with Crippen molar-refractivity contribution >= 4 is 11.6 Å². The van der Waals surface area contributed by atoms with Crippen LogP contribution in [0, 0.1) is 0 Å². The number of aliphatic hydroxyl groups excluding tert-OH is 1. The van der Waals surface area contributed by atoms with Gasteiger partial charge in [0.1, 0.15) is 0 Å². The zero-order valence-electron chi connectivity index (χ0n) is 9.18. The quantitative estimate of drug-likeness (QED) is 0.736. The summed E-state index contributed by atoms with van der Waals surface area (Å²) < 4.78 is 0. The van der Waals surface area contributed by atoms with Gasteiger partial charge in [-0.1, -0.05) is 12.1 Å². The van der Waals surface area contributed by atoms with Crippen molar-refractivity contribution < 1.29 is 9.90 Å². The minimum absolute atomic E-state index is 0.00235. The fourth-order valence-corrected chi connectivity index (χ4v) is 1.45. The van der Waals surface area contributed by atoms with Crippen LogP contribution in [-0.4, -0.2) is 21.2 Å². The van der Waals surface area contributed by atoms with Gasteiger partial charge >= 0.3 is 0 Å². The molecule has 1 aromatic heterocycles. The molecule has 88 valence electrons. The first-order valence-electron chi connectivity index (χ1n) is 5.26. The molecule has 0 spiro atoms. The predicted molar refractivity (Wildman–Crippen MR) is 63.3 cm³/mol. The molecule has 0 fully saturated rings. The van der Waals surface area contributed by atoms with E-state index in [0.717, 1.165) is 11.3 Å². The van der Waals surface area contributed by atoms with Crippen LogP contribution < -0.4 is 5.32 Å². The van der Waals surface area contributed by atoms with Gasteiger partial charge in [0, 0.05) is 17.6 Å². The largest absolute Gasteiger partial charge is 0.392 e. The molecule has 17 heavy (non-hydrogen) atoms. The van der Waals surface area contributed by atoms with Crippen molar-refractivity contribution in [2.45, 2.75) is 13.0 Å². The molecule has 0 saturated heterocycles. The smallest absolute Gasteiger partial charge is 0.230 e. The van der Waals surface area contributed by atoms with Crippen molar-refractivity contribution in [2.24, 2.45) is 0 Å². The van der Waals surface area contributed by atoms with Crippen molar-refractivity contribution in [1.29, 1.82) is 0 Å². The van der Waals surface area contributed by atoms with Crippen molar-refractivity contribution in [3.63, 3.8) is 0 Å². The second-order valence-electron chi connectivity index (χ2n) is 3.66. The lowest BCUT2D eigenvalue weighted by molar-refractivity contribution is -0.115. The van der Waals surface area contributed by atoms with Gasteiger partial charge in [0.2, 0.25) is 5.91 Å². The van der Waals surface area contributed by atoms with Gasteiger partial charge in [-0.2, -0.15) is 5.10 Å². The molecule has 0 saturated carbocycles. The highest BCUT2D eigenvalue weighted by atomic mass is 16.3. The number of hydrogen-bond donors (Lipinski definition) is 3. The number of aromatic amines is 1. The molecule has 0 radical (unpaired) electrons. The molecule has 0 aliphatic carbocycles. The maximum Gasteiger partial charge on any atom is 0.230 e. The Morgan fingerprint density at radius 1 is 1.29 bits per heavy atom. The maximum atomic E-state index is 11.6. The lowest BCUT2D eigenvalue weighted by atomic mass is 10.2. The molecule has 0 aliphatic heterocycles. The Kier molecular flexibility index (Phi) is 3.52. The third-order valence-electron chi connectivity index (χ3n) is 2.33. The Balaban J connectivity index is 1.93. The molecule has 1 amide bonds. The summed E-state index contributed by atoms with van der Waals surface area (Å²) in [7, 11) is 0. The van der Waals surface area contributed by atoms with Gasteiger partial charge in [-0.15, -0.1) is 0 Å². The third kappa shape index (κ3) is 3.15. The predicted octanol–water partition coefficient (Wildman–Crippen LogP) is 1.08. The van der Waals surface area contributed by atoms with Crippen LogP contribution in [0.4, 0.5) is 5.69 Å². The highest BCUT2D eigenvalue weighted by Gasteiger charge is 2.04. The van der Waals surface area contributed by atoms with E-state index in [1.165, 1.54) is 0 Å². The summed E-state index contributed by atoms with van der Waals surface area (Å²) in [6, 6.07) is 8.82. The zero-order chi connectivity index (χ0) is 12.1. The summed E-state index contributed by atoms with van der Waals surface area (Å²) >= 11 is 0. The Morgan fingerprint density at radius 3 is 2.65 bits per heavy atom. The Morgan fingerprint density at radius 2 is 2.06 bits per heavy atom. The first kappa shape index (κ1) is 11.3. The average molecular weight is 231 g/mol. The Labute approximate surface area is 98.5 Å². The van der Waals surface area contributed by atoms with Gasteiger partial charge in [0.25, 0.3) is 0 Å². The van der Waals surface area contributed by atoms with E-state index >= 15 is 0 Å². The summed E-state index contributed by atoms with van der Waals surface area (Å²) in [4.78, 5) is 11.6. The fourth-order valence-electron chi connectivity index (χ4n) is 1.45. The standard InChI is InChI=1S/C12H13N3O2/c16-8-9-1-3-10(4-2-9)14-12(17)7-11-5-6-13-15-11/h1-6,16H,7-8H2,(H,13,15)(H,14,17). The number of nitrogens with zero attached hydrogens (tertiary/aromatic N) is 1. The number of carbonyl (C=O) groups excluding carboxylic acids is 1. The van der Waals surface area contributed by atoms with Crippen molar-refractivity contribution in [3.8, 4) is 0 Å². The summed E-state index contributed by atoms with van der Waals surface area (Å²) in [5.74, 6) is -0.106. The molecule has 5 nitrogen and oxygen atoms in total. The van der Waals surface area contributed by atoms with Crippen LogP contribution in [0.1, 0.15) is 11.3 Å². The summed E-state index contributed by atoms with van der Waals surface area (Å²) in [5, 5.41) is 18.1. The molecule has 0 unspecified atom stereocenters. The van der Waals surface area contributed by atoms with Crippen LogP contribution in [-0.2, 0) is 17.8 Å². The van der Waals surface area contributed by atoms with Crippen molar-refractivity contribution in [3.05, 3.63) is 47.8 Å². The first-order chi connectivity index (χ1) is 8.28. The molecule has 3 N–H and O–H groups in total. The highest BCUT2D eigenvalue weighted by molar-refractivity contribution is 5.91. The van der Waals surface area contributed by atoms with Gasteiger partial charge in [0.05, 0.1) is 13.0 Å². The number of anilines is 1. The van der Waals surface area contributed by atoms with Crippen LogP contribution in [0.2, 0.25) is 0 Å². The van der Waals surface area contributed by atoms with Crippen LogP contribution >= 0.6 is 0 Å². The van der Waals surface area contributed by atoms with Crippen molar-refractivity contribution in [1.82, 2.24) is 10.2 Å². The minimum atomic E-state index is -0.106. The molecule has 1 heterocycles. The van der Waals surface area contributed by atoms with Gasteiger partial charge < -0.3 is 10.4 Å². The van der Waals surface area contributed by atoms with Crippen molar-refractivity contribution in [2.75, 3.05) is 5.32 Å². The van der Waals surface area contributed by atoms with Crippen LogP contribution in [0.3, 0.4) is 0 Å². The molecule has 2 aromatic rings. The van der Waals surface area contributed by atoms with E-state index in [1.54, 1.807) is 36.5 Å². The molecule has 0 atom stereocenters. The lowest BCUT2D eigenvalue weighted by Crippen LogP contribution is -2.14. The third-order valence-corrected chi connectivity index (χ3v) is 2.33. The maximum absolute atomic E-state index is 11.6. The monoisotopic (exact) mass is 231 g/mol. The Bertz CT molecular complexity index is 477. The number of carbonyl (C=O) groups is 1. The highest BCUT2D eigenvalue weighted by Crippen LogP contribution is 2.09. The number of nitrogens with one attached hydrogen (secondary N) is 2. The summed E-state index contributed by atoms with van der Waals surface area (Å²) in [6.45, 7) is 0.00235. The van der Waals surface area contributed by atoms with Gasteiger partial charge in [-0.05, 0) is 23.8 Å². The normalized spacial score (nSPS) is 10.2. The number of H-pyrrole nitrogens is 1. The fraction of sp³-hybridized carbons (Fsp3) is 0.167. The second kappa shape index (κ2) is 5.27. The minimum Gasteiger partial charge on any atom is -0.392 e. The number of rotatable bonds is 4. The number of aliphatic hydroxyl groups is 1. The molecule has 5 heteroatoms.